The molecule has 1 amide bonds. The largest absolute Gasteiger partial charge is 0.494 e. The molecule has 0 saturated heterocycles. The summed E-state index contributed by atoms with van der Waals surface area (Å²) in [5.41, 5.74) is 1.27. The topological polar surface area (TPSA) is 55.6 Å². The molecular formula is C20H24BrN3O2. The Labute approximate surface area is 161 Å². The van der Waals surface area contributed by atoms with Crippen molar-refractivity contribution in [1.82, 2.24) is 14.9 Å². The molecule has 3 aliphatic carbocycles. The number of carbonyl (C=O) groups is 1. The van der Waals surface area contributed by atoms with Crippen molar-refractivity contribution < 1.29 is 9.53 Å². The van der Waals surface area contributed by atoms with Gasteiger partial charge in [-0.2, -0.15) is 5.10 Å². The Hall–Kier alpha value is -1.56. The van der Waals surface area contributed by atoms with Crippen molar-refractivity contribution in [2.75, 3.05) is 7.11 Å². The molecular weight excluding hydrogens is 394 g/mol. The molecule has 5 nitrogen and oxygen atoms in total. The summed E-state index contributed by atoms with van der Waals surface area (Å²) in [5, 5.41) is 7.91. The van der Waals surface area contributed by atoms with E-state index >= 15 is 0 Å². The Balaban J connectivity index is 1.43. The second kappa shape index (κ2) is 5.98. The Morgan fingerprint density at radius 3 is 3.00 bits per heavy atom. The molecule has 3 fully saturated rings. The second-order valence-electron chi connectivity index (χ2n) is 8.49. The highest BCUT2D eigenvalue weighted by Gasteiger charge is 2.52. The quantitative estimate of drug-likeness (QED) is 0.813. The van der Waals surface area contributed by atoms with Crippen molar-refractivity contribution in [2.24, 2.45) is 17.8 Å². The monoisotopic (exact) mass is 417 g/mol. The van der Waals surface area contributed by atoms with Crippen molar-refractivity contribution in [2.45, 2.75) is 50.5 Å². The lowest BCUT2D eigenvalue weighted by Gasteiger charge is -2.38. The number of aromatic nitrogens is 2. The van der Waals surface area contributed by atoms with Crippen LogP contribution in [-0.2, 0) is 0 Å². The van der Waals surface area contributed by atoms with Crippen LogP contribution in [-0.4, -0.2) is 28.2 Å². The molecule has 0 radical (unpaired) electrons. The fourth-order valence-electron chi connectivity index (χ4n) is 5.92. The third kappa shape index (κ3) is 2.65. The standard InChI is InChI=1S/C20H24BrN3O2/c1-26-18-6-15(21)11-24-17(18)7-16(23-24)19(25)22-20-8-12-3-2-4-13(9-20)14(5-12)10-20/h6-7,11-14H,2-5,8-10H2,1H3,(H,22,25). The Morgan fingerprint density at radius 1 is 1.31 bits per heavy atom. The number of pyridine rings is 1. The van der Waals surface area contributed by atoms with Crippen molar-refractivity contribution in [3.63, 3.8) is 0 Å². The summed E-state index contributed by atoms with van der Waals surface area (Å²) >= 11 is 3.46. The lowest BCUT2D eigenvalue weighted by Crippen LogP contribution is -2.49. The van der Waals surface area contributed by atoms with E-state index in [1.54, 1.807) is 11.6 Å². The number of halogens is 1. The molecule has 3 aliphatic rings. The van der Waals surface area contributed by atoms with Crippen LogP contribution in [0.1, 0.15) is 55.4 Å². The molecule has 3 bridgehead atoms. The summed E-state index contributed by atoms with van der Waals surface area (Å²) in [4.78, 5) is 13.0. The Kier molecular flexibility index (Phi) is 3.82. The number of hydrogen-bond acceptors (Lipinski definition) is 3. The minimum atomic E-state index is -0.0486. The molecule has 1 N–H and O–H groups in total. The predicted octanol–water partition coefficient (Wildman–Crippen LogP) is 4.19. The van der Waals surface area contributed by atoms with Crippen LogP contribution in [0.3, 0.4) is 0 Å². The lowest BCUT2D eigenvalue weighted by atomic mass is 9.75. The van der Waals surface area contributed by atoms with Gasteiger partial charge >= 0.3 is 0 Å². The van der Waals surface area contributed by atoms with Gasteiger partial charge in [0.05, 0.1) is 7.11 Å². The van der Waals surface area contributed by atoms with Crippen molar-refractivity contribution >= 4 is 27.4 Å². The summed E-state index contributed by atoms with van der Waals surface area (Å²) in [5.74, 6) is 3.07. The van der Waals surface area contributed by atoms with Gasteiger partial charge < -0.3 is 10.1 Å². The average Bonchev–Trinajstić information content (AvgIpc) is 3.08. The number of methoxy groups -OCH3 is 1. The summed E-state index contributed by atoms with van der Waals surface area (Å²) in [7, 11) is 1.63. The number of nitrogens with one attached hydrogen (secondary N) is 1. The SMILES string of the molecule is COc1cc(Br)cn2nc(C(=O)NC34CC5CCCC(C3)C(C5)C4)cc12. The van der Waals surface area contributed by atoms with Gasteiger partial charge in [0, 0.05) is 22.3 Å². The Morgan fingerprint density at radius 2 is 2.15 bits per heavy atom. The van der Waals surface area contributed by atoms with Gasteiger partial charge in [-0.3, -0.25) is 4.79 Å². The van der Waals surface area contributed by atoms with Crippen molar-refractivity contribution in [3.8, 4) is 5.75 Å². The van der Waals surface area contributed by atoms with E-state index in [0.29, 0.717) is 11.4 Å². The fourth-order valence-corrected chi connectivity index (χ4v) is 6.32. The molecule has 0 aliphatic heterocycles. The van der Waals surface area contributed by atoms with Gasteiger partial charge in [-0.25, -0.2) is 4.52 Å². The highest BCUT2D eigenvalue weighted by Crippen LogP contribution is 2.55. The highest BCUT2D eigenvalue weighted by atomic mass is 79.9. The van der Waals surface area contributed by atoms with Crippen molar-refractivity contribution in [3.05, 3.63) is 28.5 Å². The van der Waals surface area contributed by atoms with Gasteiger partial charge in [-0.05, 0) is 65.4 Å². The molecule has 138 valence electrons. The maximum absolute atomic E-state index is 13.0. The molecule has 26 heavy (non-hydrogen) atoms. The van der Waals surface area contributed by atoms with Crippen LogP contribution in [0.5, 0.6) is 5.75 Å². The van der Waals surface area contributed by atoms with Crippen LogP contribution in [0.2, 0.25) is 0 Å². The predicted molar refractivity (Wildman–Crippen MR) is 102 cm³/mol. The number of ether oxygens (including phenoxy) is 1. The fraction of sp³-hybridized carbons (Fsp3) is 0.600. The third-order valence-corrected chi connectivity index (χ3v) is 7.24. The van der Waals surface area contributed by atoms with Crippen LogP contribution < -0.4 is 10.1 Å². The van der Waals surface area contributed by atoms with Crippen LogP contribution in [0.25, 0.3) is 5.52 Å². The number of rotatable bonds is 3. The Bertz CT molecular complexity index is 875. The zero-order valence-electron chi connectivity index (χ0n) is 15.0. The number of nitrogens with zero attached hydrogens (tertiary/aromatic N) is 2. The molecule has 4 atom stereocenters. The second-order valence-corrected chi connectivity index (χ2v) is 9.40. The zero-order chi connectivity index (χ0) is 17.9. The molecule has 4 unspecified atom stereocenters. The van der Waals surface area contributed by atoms with Gasteiger partial charge in [0.2, 0.25) is 0 Å². The minimum absolute atomic E-state index is 0.00375. The first-order valence-corrected chi connectivity index (χ1v) is 10.4. The maximum Gasteiger partial charge on any atom is 0.272 e. The lowest BCUT2D eigenvalue weighted by molar-refractivity contribution is 0.0846. The van der Waals surface area contributed by atoms with Crippen LogP contribution in [0, 0.1) is 17.8 Å². The summed E-state index contributed by atoms with van der Waals surface area (Å²) < 4.78 is 8.01. The van der Waals surface area contributed by atoms with E-state index in [4.69, 9.17) is 4.74 Å². The molecule has 0 aromatic carbocycles. The summed E-state index contributed by atoms with van der Waals surface area (Å²) in [6.07, 6.45) is 10.7. The van der Waals surface area contributed by atoms with Gasteiger partial charge in [0.25, 0.3) is 5.91 Å². The number of fused-ring (bicyclic) bond motifs is 3. The molecule has 0 spiro atoms. The van der Waals surface area contributed by atoms with E-state index in [1.165, 1.54) is 25.7 Å². The molecule has 5 rings (SSSR count). The molecule has 3 saturated carbocycles. The highest BCUT2D eigenvalue weighted by molar-refractivity contribution is 9.10. The normalized spacial score (nSPS) is 32.6. The first kappa shape index (κ1) is 16.6. The molecule has 6 heteroatoms. The number of amides is 1. The van der Waals surface area contributed by atoms with Gasteiger partial charge in [-0.1, -0.05) is 19.3 Å². The van der Waals surface area contributed by atoms with Gasteiger partial charge in [-0.15, -0.1) is 0 Å². The van der Waals surface area contributed by atoms with E-state index < -0.39 is 0 Å². The summed E-state index contributed by atoms with van der Waals surface area (Å²) in [6, 6.07) is 3.72. The van der Waals surface area contributed by atoms with E-state index in [0.717, 1.165) is 47.0 Å². The molecule has 2 aromatic heterocycles. The molecule has 2 aromatic rings. The molecule has 2 heterocycles. The average molecular weight is 418 g/mol. The van der Waals surface area contributed by atoms with Crippen LogP contribution >= 0.6 is 15.9 Å². The third-order valence-electron chi connectivity index (χ3n) is 6.81. The first-order chi connectivity index (χ1) is 12.5. The van der Waals surface area contributed by atoms with Gasteiger partial charge in [0.15, 0.2) is 5.69 Å². The maximum atomic E-state index is 13.0. The zero-order valence-corrected chi connectivity index (χ0v) is 16.6. The van der Waals surface area contributed by atoms with E-state index in [9.17, 15) is 4.79 Å². The van der Waals surface area contributed by atoms with E-state index in [1.807, 2.05) is 18.3 Å². The van der Waals surface area contributed by atoms with E-state index in [2.05, 4.69) is 26.3 Å². The summed E-state index contributed by atoms with van der Waals surface area (Å²) in [6.45, 7) is 0. The first-order valence-electron chi connectivity index (χ1n) is 9.61. The van der Waals surface area contributed by atoms with Gasteiger partial charge in [0.1, 0.15) is 11.3 Å². The van der Waals surface area contributed by atoms with Crippen LogP contribution in [0.15, 0.2) is 22.8 Å². The van der Waals surface area contributed by atoms with Crippen LogP contribution in [0.4, 0.5) is 0 Å². The number of hydrogen-bond donors (Lipinski definition) is 1. The van der Waals surface area contributed by atoms with E-state index in [-0.39, 0.29) is 11.4 Å². The minimum Gasteiger partial charge on any atom is -0.494 e. The van der Waals surface area contributed by atoms with Crippen molar-refractivity contribution in [1.29, 1.82) is 0 Å². The smallest absolute Gasteiger partial charge is 0.272 e. The number of carbonyl (C=O) groups excluding carboxylic acids is 1.